The Morgan fingerprint density at radius 1 is 0.966 bits per heavy atom. The summed E-state index contributed by atoms with van der Waals surface area (Å²) in [5.41, 5.74) is 1.75. The molecule has 2 aromatic rings. The van der Waals surface area contributed by atoms with E-state index in [1.165, 1.54) is 0 Å². The number of rotatable bonds is 2. The van der Waals surface area contributed by atoms with Gasteiger partial charge in [0, 0.05) is 24.2 Å². The van der Waals surface area contributed by atoms with E-state index in [-0.39, 0.29) is 12.1 Å². The van der Waals surface area contributed by atoms with Crippen LogP contribution in [0.5, 0.6) is 11.5 Å². The maximum Gasteiger partial charge on any atom is 0.414 e. The van der Waals surface area contributed by atoms with Gasteiger partial charge in [-0.15, -0.1) is 0 Å². The Balaban J connectivity index is 0.000000353. The van der Waals surface area contributed by atoms with Crippen LogP contribution in [0.3, 0.4) is 0 Å². The second-order valence-corrected chi connectivity index (χ2v) is 6.83. The molecule has 0 aromatic heterocycles. The van der Waals surface area contributed by atoms with Crippen molar-refractivity contribution < 1.29 is 34.1 Å². The number of hydrogen-bond acceptors (Lipinski definition) is 6. The van der Waals surface area contributed by atoms with Gasteiger partial charge in [0.1, 0.15) is 23.5 Å². The third-order valence-corrected chi connectivity index (χ3v) is 4.73. The van der Waals surface area contributed by atoms with Crippen LogP contribution in [-0.2, 0) is 19.1 Å². The highest BCUT2D eigenvalue weighted by molar-refractivity contribution is 6.27. The van der Waals surface area contributed by atoms with Gasteiger partial charge in [-0.3, -0.25) is 4.79 Å². The molecule has 8 nitrogen and oxygen atoms in total. The van der Waals surface area contributed by atoms with E-state index < -0.39 is 17.9 Å². The molecular weight excluding hydrogens is 378 g/mol. The third kappa shape index (κ3) is 4.72. The van der Waals surface area contributed by atoms with Crippen LogP contribution in [0.25, 0.3) is 0 Å². The van der Waals surface area contributed by atoms with Gasteiger partial charge in [0.05, 0.1) is 0 Å². The van der Waals surface area contributed by atoms with Gasteiger partial charge in [-0.1, -0.05) is 36.4 Å². The Kier molecular flexibility index (Phi) is 6.13. The van der Waals surface area contributed by atoms with Crippen LogP contribution < -0.4 is 4.74 Å². The van der Waals surface area contributed by atoms with Crippen LogP contribution in [0.1, 0.15) is 23.5 Å². The predicted octanol–water partition coefficient (Wildman–Crippen LogP) is 2.33. The molecule has 0 saturated carbocycles. The van der Waals surface area contributed by atoms with Crippen LogP contribution in [0.4, 0.5) is 0 Å². The van der Waals surface area contributed by atoms with E-state index in [1.807, 2.05) is 55.6 Å². The Bertz CT molecular complexity index is 869. The van der Waals surface area contributed by atoms with Gasteiger partial charge in [-0.05, 0) is 25.6 Å². The van der Waals surface area contributed by atoms with Crippen LogP contribution >= 0.6 is 0 Å². The zero-order chi connectivity index (χ0) is 21.0. The minimum atomic E-state index is -1.82. The Morgan fingerprint density at radius 3 is 1.93 bits per heavy atom. The highest BCUT2D eigenvalue weighted by atomic mass is 16.5. The van der Waals surface area contributed by atoms with Crippen molar-refractivity contribution >= 4 is 17.9 Å². The number of aliphatic carboxylic acids is 2. The summed E-state index contributed by atoms with van der Waals surface area (Å²) in [6, 6.07) is 15.4. The molecule has 0 aliphatic carbocycles. The SMILES string of the molecule is CN1CC[C@H](OC(=O)C2c3ccccc3Oc3ccccc32)C1.O=C(O)C(=O)O. The summed E-state index contributed by atoms with van der Waals surface area (Å²) in [6.07, 6.45) is 0.879. The third-order valence-electron chi connectivity index (χ3n) is 4.73. The van der Waals surface area contributed by atoms with E-state index in [1.54, 1.807) is 0 Å². The normalized spacial score (nSPS) is 17.8. The summed E-state index contributed by atoms with van der Waals surface area (Å²) in [5, 5.41) is 14.8. The van der Waals surface area contributed by atoms with Crippen LogP contribution in [-0.4, -0.2) is 59.3 Å². The molecule has 29 heavy (non-hydrogen) atoms. The molecule has 2 aromatic carbocycles. The molecule has 152 valence electrons. The van der Waals surface area contributed by atoms with E-state index in [2.05, 4.69) is 4.90 Å². The lowest BCUT2D eigenvalue weighted by molar-refractivity contribution is -0.159. The largest absolute Gasteiger partial charge is 0.473 e. The van der Waals surface area contributed by atoms with Gasteiger partial charge in [-0.2, -0.15) is 0 Å². The number of carboxylic acids is 2. The molecule has 1 fully saturated rings. The van der Waals surface area contributed by atoms with Gasteiger partial charge >= 0.3 is 17.9 Å². The summed E-state index contributed by atoms with van der Waals surface area (Å²) in [6.45, 7) is 1.77. The van der Waals surface area contributed by atoms with E-state index >= 15 is 0 Å². The second kappa shape index (κ2) is 8.74. The maximum atomic E-state index is 12.9. The Labute approximate surface area is 167 Å². The topological polar surface area (TPSA) is 113 Å². The molecule has 0 radical (unpaired) electrons. The molecule has 0 spiro atoms. The number of benzene rings is 2. The van der Waals surface area contributed by atoms with E-state index in [4.69, 9.17) is 29.3 Å². The molecule has 2 aliphatic heterocycles. The number of likely N-dealkylation sites (N-methyl/N-ethyl adjacent to an activating group) is 1. The lowest BCUT2D eigenvalue weighted by Crippen LogP contribution is -2.27. The van der Waals surface area contributed by atoms with Crippen molar-refractivity contribution in [2.75, 3.05) is 20.1 Å². The molecule has 0 unspecified atom stereocenters. The number of carbonyl (C=O) groups excluding carboxylic acids is 1. The molecule has 2 aliphatic rings. The molecule has 2 heterocycles. The fraction of sp³-hybridized carbons (Fsp3) is 0.286. The fourth-order valence-corrected chi connectivity index (χ4v) is 3.39. The Hall–Kier alpha value is -3.39. The molecular formula is C21H21NO7. The lowest BCUT2D eigenvalue weighted by Gasteiger charge is -2.27. The highest BCUT2D eigenvalue weighted by Gasteiger charge is 2.35. The van der Waals surface area contributed by atoms with E-state index in [0.717, 1.165) is 42.1 Å². The average molecular weight is 399 g/mol. The summed E-state index contributed by atoms with van der Waals surface area (Å²) in [7, 11) is 2.05. The first kappa shape index (κ1) is 20.3. The lowest BCUT2D eigenvalue weighted by atomic mass is 9.88. The zero-order valence-corrected chi connectivity index (χ0v) is 15.8. The van der Waals surface area contributed by atoms with Crippen molar-refractivity contribution in [1.29, 1.82) is 0 Å². The van der Waals surface area contributed by atoms with Crippen LogP contribution in [0, 0.1) is 0 Å². The molecule has 8 heteroatoms. The number of nitrogens with zero attached hydrogens (tertiary/aromatic N) is 1. The maximum absolute atomic E-state index is 12.9. The zero-order valence-electron chi connectivity index (χ0n) is 15.8. The number of carbonyl (C=O) groups is 3. The van der Waals surface area contributed by atoms with Crippen molar-refractivity contribution in [2.24, 2.45) is 0 Å². The van der Waals surface area contributed by atoms with Crippen molar-refractivity contribution in [3.63, 3.8) is 0 Å². The van der Waals surface area contributed by atoms with Crippen LogP contribution in [0.15, 0.2) is 48.5 Å². The molecule has 2 N–H and O–H groups in total. The molecule has 1 atom stereocenters. The summed E-state index contributed by atoms with van der Waals surface area (Å²) >= 11 is 0. The number of esters is 1. The summed E-state index contributed by atoms with van der Waals surface area (Å²) in [5.74, 6) is -2.78. The minimum Gasteiger partial charge on any atom is -0.473 e. The molecule has 0 amide bonds. The van der Waals surface area contributed by atoms with Gasteiger partial charge in [0.15, 0.2) is 0 Å². The average Bonchev–Trinajstić information content (AvgIpc) is 3.10. The first-order chi connectivity index (χ1) is 13.9. The first-order valence-corrected chi connectivity index (χ1v) is 9.07. The van der Waals surface area contributed by atoms with Crippen LogP contribution in [0.2, 0.25) is 0 Å². The minimum absolute atomic E-state index is 0.0188. The first-order valence-electron chi connectivity index (χ1n) is 9.07. The van der Waals surface area contributed by atoms with Crippen molar-refractivity contribution in [2.45, 2.75) is 18.4 Å². The standard InChI is InChI=1S/C19H19NO3.C2H2O4/c1-20-11-10-13(12-20)22-19(21)18-14-6-2-4-8-16(14)23-17-9-5-3-7-15(17)18;3-1(4)2(5)6/h2-9,13,18H,10-12H2,1H3;(H,3,4)(H,5,6)/t13-;/m0./s1. The summed E-state index contributed by atoms with van der Waals surface area (Å²) < 4.78 is 11.7. The van der Waals surface area contributed by atoms with Gasteiger partial charge < -0.3 is 24.6 Å². The number of ether oxygens (including phenoxy) is 2. The number of hydrogen-bond donors (Lipinski definition) is 2. The van der Waals surface area contributed by atoms with Gasteiger partial charge in [0.2, 0.25) is 0 Å². The van der Waals surface area contributed by atoms with Crippen molar-refractivity contribution in [3.8, 4) is 11.5 Å². The van der Waals surface area contributed by atoms with Gasteiger partial charge in [-0.25, -0.2) is 9.59 Å². The number of likely N-dealkylation sites (tertiary alicyclic amines) is 1. The monoisotopic (exact) mass is 399 g/mol. The summed E-state index contributed by atoms with van der Waals surface area (Å²) in [4.78, 5) is 33.3. The quantitative estimate of drug-likeness (QED) is 0.584. The molecule has 1 saturated heterocycles. The van der Waals surface area contributed by atoms with E-state index in [0.29, 0.717) is 0 Å². The molecule has 4 rings (SSSR count). The van der Waals surface area contributed by atoms with Gasteiger partial charge in [0.25, 0.3) is 0 Å². The number of para-hydroxylation sites is 2. The Morgan fingerprint density at radius 2 is 1.48 bits per heavy atom. The number of carboxylic acid groups (broad SMARTS) is 2. The highest BCUT2D eigenvalue weighted by Crippen LogP contribution is 2.44. The molecule has 0 bridgehead atoms. The second-order valence-electron chi connectivity index (χ2n) is 6.83. The number of fused-ring (bicyclic) bond motifs is 2. The van der Waals surface area contributed by atoms with Crippen molar-refractivity contribution in [3.05, 3.63) is 59.7 Å². The smallest absolute Gasteiger partial charge is 0.414 e. The fourth-order valence-electron chi connectivity index (χ4n) is 3.39. The van der Waals surface area contributed by atoms with Crippen molar-refractivity contribution in [1.82, 2.24) is 4.90 Å². The predicted molar refractivity (Wildman–Crippen MR) is 102 cm³/mol. The van der Waals surface area contributed by atoms with E-state index in [9.17, 15) is 4.79 Å².